The number of hydrogen-bond donors (Lipinski definition) is 1. The van der Waals surface area contributed by atoms with E-state index in [1.54, 1.807) is 29.0 Å². The maximum absolute atomic E-state index is 12.3. The summed E-state index contributed by atoms with van der Waals surface area (Å²) >= 11 is 0. The molecule has 0 saturated heterocycles. The van der Waals surface area contributed by atoms with Gasteiger partial charge < -0.3 is 9.67 Å². The first-order chi connectivity index (χ1) is 12.5. The summed E-state index contributed by atoms with van der Waals surface area (Å²) in [5, 5.41) is 9.06. The number of aromatic carboxylic acids is 1. The summed E-state index contributed by atoms with van der Waals surface area (Å²) < 4.78 is 1.56. The van der Waals surface area contributed by atoms with Gasteiger partial charge >= 0.3 is 5.97 Å². The molecular formula is C22H19NO3. The van der Waals surface area contributed by atoms with Gasteiger partial charge in [-0.2, -0.15) is 0 Å². The van der Waals surface area contributed by atoms with E-state index in [0.29, 0.717) is 6.54 Å². The van der Waals surface area contributed by atoms with Crippen molar-refractivity contribution in [3.05, 3.63) is 105 Å². The van der Waals surface area contributed by atoms with Crippen LogP contribution in [0.15, 0.2) is 71.7 Å². The maximum atomic E-state index is 12.3. The van der Waals surface area contributed by atoms with Gasteiger partial charge in [0, 0.05) is 12.3 Å². The van der Waals surface area contributed by atoms with E-state index in [1.807, 2.05) is 49.4 Å². The highest BCUT2D eigenvalue weighted by atomic mass is 16.4. The molecule has 0 amide bonds. The van der Waals surface area contributed by atoms with Crippen LogP contribution in [0.2, 0.25) is 0 Å². The summed E-state index contributed by atoms with van der Waals surface area (Å²) in [5.41, 5.74) is 3.96. The average molecular weight is 345 g/mol. The first-order valence-corrected chi connectivity index (χ1v) is 8.29. The molecule has 2 aromatic carbocycles. The Balaban J connectivity index is 1.78. The second-order valence-corrected chi connectivity index (χ2v) is 6.18. The molecule has 0 bridgehead atoms. The highest BCUT2D eigenvalue weighted by molar-refractivity contribution is 5.87. The fraction of sp³-hybridized carbons (Fsp3) is 0.0909. The van der Waals surface area contributed by atoms with Crippen molar-refractivity contribution in [2.45, 2.75) is 13.5 Å². The van der Waals surface area contributed by atoms with Gasteiger partial charge in [0.1, 0.15) is 0 Å². The van der Waals surface area contributed by atoms with Crippen molar-refractivity contribution in [2.75, 3.05) is 0 Å². The number of carbonyl (C=O) groups is 1. The first kappa shape index (κ1) is 17.4. The monoisotopic (exact) mass is 345 g/mol. The minimum Gasteiger partial charge on any atom is -0.478 e. The van der Waals surface area contributed by atoms with Crippen LogP contribution in [0, 0.1) is 6.92 Å². The molecule has 3 rings (SSSR count). The topological polar surface area (TPSA) is 59.3 Å². The van der Waals surface area contributed by atoms with Gasteiger partial charge in [0.15, 0.2) is 0 Å². The largest absolute Gasteiger partial charge is 0.478 e. The van der Waals surface area contributed by atoms with Crippen LogP contribution in [-0.2, 0) is 6.54 Å². The quantitative estimate of drug-likeness (QED) is 0.758. The van der Waals surface area contributed by atoms with Crippen molar-refractivity contribution < 1.29 is 9.90 Å². The number of pyridine rings is 1. The van der Waals surface area contributed by atoms with Gasteiger partial charge in [-0.25, -0.2) is 4.79 Å². The zero-order chi connectivity index (χ0) is 18.5. The van der Waals surface area contributed by atoms with Crippen molar-refractivity contribution in [3.8, 4) is 0 Å². The summed E-state index contributed by atoms with van der Waals surface area (Å²) in [5.74, 6) is -0.976. The molecule has 0 atom stereocenters. The third-order valence-corrected chi connectivity index (χ3v) is 4.06. The molecule has 4 heteroatoms. The Morgan fingerprint density at radius 3 is 2.42 bits per heavy atom. The molecule has 3 aromatic rings. The molecule has 1 aromatic heterocycles. The summed E-state index contributed by atoms with van der Waals surface area (Å²) in [6.45, 7) is 2.37. The Labute approximate surface area is 151 Å². The molecule has 1 N–H and O–H groups in total. The van der Waals surface area contributed by atoms with Crippen molar-refractivity contribution in [2.24, 2.45) is 0 Å². The fourth-order valence-electron chi connectivity index (χ4n) is 2.72. The molecule has 0 aliphatic carbocycles. The summed E-state index contributed by atoms with van der Waals surface area (Å²) in [7, 11) is 0. The molecule has 1 heterocycles. The summed E-state index contributed by atoms with van der Waals surface area (Å²) in [6.07, 6.45) is 5.61. The molecule has 0 aliphatic rings. The van der Waals surface area contributed by atoms with E-state index >= 15 is 0 Å². The molecule has 0 unspecified atom stereocenters. The maximum Gasteiger partial charge on any atom is 0.335 e. The number of carboxylic acids is 1. The normalized spacial score (nSPS) is 11.0. The number of benzene rings is 2. The lowest BCUT2D eigenvalue weighted by Crippen LogP contribution is -2.19. The van der Waals surface area contributed by atoms with Crippen molar-refractivity contribution >= 4 is 18.1 Å². The van der Waals surface area contributed by atoms with Crippen LogP contribution in [-0.4, -0.2) is 15.6 Å². The average Bonchev–Trinajstić information content (AvgIpc) is 2.62. The molecule has 26 heavy (non-hydrogen) atoms. The standard InChI is InChI=1S/C22H19NO3/c1-16-4-2-5-17(12-16)8-9-18-10-11-23(21(24)14-18)15-19-6-3-7-20(13-19)22(25)26/h2-14H,15H2,1H3,(H,25,26)/b9-8+. The molecule has 130 valence electrons. The Hall–Kier alpha value is -3.40. The summed E-state index contributed by atoms with van der Waals surface area (Å²) in [6, 6.07) is 18.2. The van der Waals surface area contributed by atoms with Gasteiger partial charge in [-0.05, 0) is 41.8 Å². The fourth-order valence-corrected chi connectivity index (χ4v) is 2.72. The number of rotatable bonds is 5. The van der Waals surface area contributed by atoms with E-state index in [2.05, 4.69) is 6.07 Å². The minimum atomic E-state index is -0.976. The SMILES string of the molecule is Cc1cccc(/C=C/c2ccn(Cc3cccc(C(=O)O)c3)c(=O)c2)c1. The Morgan fingerprint density at radius 2 is 1.73 bits per heavy atom. The summed E-state index contributed by atoms with van der Waals surface area (Å²) in [4.78, 5) is 23.4. The zero-order valence-corrected chi connectivity index (χ0v) is 14.4. The lowest BCUT2D eigenvalue weighted by atomic mass is 10.1. The van der Waals surface area contributed by atoms with E-state index in [4.69, 9.17) is 5.11 Å². The predicted octanol–water partition coefficient (Wildman–Crippen LogP) is 4.07. The molecule has 0 spiro atoms. The molecule has 0 fully saturated rings. The molecular weight excluding hydrogens is 326 g/mol. The van der Waals surface area contributed by atoms with E-state index in [0.717, 1.165) is 16.7 Å². The third kappa shape index (κ3) is 4.36. The number of aromatic nitrogens is 1. The number of aryl methyl sites for hydroxylation is 1. The molecule has 0 radical (unpaired) electrons. The lowest BCUT2D eigenvalue weighted by Gasteiger charge is -2.07. The first-order valence-electron chi connectivity index (χ1n) is 8.29. The molecule has 4 nitrogen and oxygen atoms in total. The van der Waals surface area contributed by atoms with Crippen molar-refractivity contribution in [1.29, 1.82) is 0 Å². The predicted molar refractivity (Wildman–Crippen MR) is 103 cm³/mol. The van der Waals surface area contributed by atoms with E-state index in [1.165, 1.54) is 11.6 Å². The van der Waals surface area contributed by atoms with Gasteiger partial charge in [0.25, 0.3) is 5.56 Å². The van der Waals surface area contributed by atoms with Gasteiger partial charge in [0.2, 0.25) is 0 Å². The second kappa shape index (κ2) is 7.66. The third-order valence-electron chi connectivity index (χ3n) is 4.06. The number of hydrogen-bond acceptors (Lipinski definition) is 2. The highest BCUT2D eigenvalue weighted by Crippen LogP contribution is 2.10. The van der Waals surface area contributed by atoms with Crippen LogP contribution in [0.3, 0.4) is 0 Å². The number of carboxylic acid groups (broad SMARTS) is 1. The van der Waals surface area contributed by atoms with Crippen LogP contribution in [0.1, 0.15) is 32.6 Å². The van der Waals surface area contributed by atoms with E-state index in [9.17, 15) is 9.59 Å². The van der Waals surface area contributed by atoms with Crippen LogP contribution in [0.4, 0.5) is 0 Å². The second-order valence-electron chi connectivity index (χ2n) is 6.18. The molecule has 0 aliphatic heterocycles. The molecule has 0 saturated carbocycles. The van der Waals surface area contributed by atoms with Gasteiger partial charge in [-0.1, -0.05) is 54.1 Å². The van der Waals surface area contributed by atoms with Crippen LogP contribution >= 0.6 is 0 Å². The lowest BCUT2D eigenvalue weighted by molar-refractivity contribution is 0.0696. The Bertz CT molecular complexity index is 1030. The zero-order valence-electron chi connectivity index (χ0n) is 14.4. The Kier molecular flexibility index (Phi) is 5.13. The Morgan fingerprint density at radius 1 is 1.00 bits per heavy atom. The highest BCUT2D eigenvalue weighted by Gasteiger charge is 2.04. The van der Waals surface area contributed by atoms with E-state index < -0.39 is 5.97 Å². The van der Waals surface area contributed by atoms with E-state index in [-0.39, 0.29) is 11.1 Å². The van der Waals surface area contributed by atoms with Gasteiger partial charge in [-0.3, -0.25) is 4.79 Å². The van der Waals surface area contributed by atoms with Crippen LogP contribution in [0.5, 0.6) is 0 Å². The van der Waals surface area contributed by atoms with Crippen LogP contribution < -0.4 is 5.56 Å². The van der Waals surface area contributed by atoms with Gasteiger partial charge in [-0.15, -0.1) is 0 Å². The van der Waals surface area contributed by atoms with Gasteiger partial charge in [0.05, 0.1) is 12.1 Å². The van der Waals surface area contributed by atoms with Crippen LogP contribution in [0.25, 0.3) is 12.2 Å². The van der Waals surface area contributed by atoms with Crippen molar-refractivity contribution in [1.82, 2.24) is 4.57 Å². The minimum absolute atomic E-state index is 0.128. The van der Waals surface area contributed by atoms with Crippen molar-refractivity contribution in [3.63, 3.8) is 0 Å². The number of nitrogens with zero attached hydrogens (tertiary/aromatic N) is 1. The smallest absolute Gasteiger partial charge is 0.335 e.